The standard InChI is InChI=1S/C17H14Cl2N2O4/c1-20-16(23)10-2-4-14(5-3-10)21-15(22)9-25-17(24)11-6-12(18)8-13(19)7-11/h2-8H,9H2,1H3,(H,20,23)(H,21,22). The second-order valence-corrected chi connectivity index (χ2v) is 5.81. The maximum absolute atomic E-state index is 11.9. The predicted molar refractivity (Wildman–Crippen MR) is 95.2 cm³/mol. The third kappa shape index (κ3) is 5.48. The first kappa shape index (κ1) is 18.8. The first-order valence-electron chi connectivity index (χ1n) is 7.14. The summed E-state index contributed by atoms with van der Waals surface area (Å²) in [7, 11) is 1.53. The summed E-state index contributed by atoms with van der Waals surface area (Å²) in [5.74, 6) is -1.46. The average molecular weight is 381 g/mol. The van der Waals surface area contributed by atoms with Crippen LogP contribution in [0.25, 0.3) is 0 Å². The Morgan fingerprint density at radius 1 is 0.960 bits per heavy atom. The van der Waals surface area contributed by atoms with E-state index in [1.807, 2.05) is 0 Å². The molecule has 0 heterocycles. The minimum absolute atomic E-state index is 0.153. The molecule has 2 aromatic carbocycles. The normalized spacial score (nSPS) is 10.0. The van der Waals surface area contributed by atoms with Crippen molar-refractivity contribution in [3.8, 4) is 0 Å². The molecular formula is C17H14Cl2N2O4. The lowest BCUT2D eigenvalue weighted by Crippen LogP contribution is -2.21. The van der Waals surface area contributed by atoms with E-state index >= 15 is 0 Å². The fourth-order valence-electron chi connectivity index (χ4n) is 1.93. The summed E-state index contributed by atoms with van der Waals surface area (Å²) < 4.78 is 4.92. The highest BCUT2D eigenvalue weighted by molar-refractivity contribution is 6.35. The molecule has 2 aromatic rings. The van der Waals surface area contributed by atoms with Crippen molar-refractivity contribution in [3.05, 3.63) is 63.6 Å². The number of hydrogen-bond donors (Lipinski definition) is 2. The topological polar surface area (TPSA) is 84.5 Å². The Morgan fingerprint density at radius 3 is 2.12 bits per heavy atom. The van der Waals surface area contributed by atoms with Gasteiger partial charge in [-0.15, -0.1) is 0 Å². The van der Waals surface area contributed by atoms with Crippen molar-refractivity contribution >= 4 is 46.7 Å². The summed E-state index contributed by atoms with van der Waals surface area (Å²) >= 11 is 11.6. The molecule has 0 atom stereocenters. The van der Waals surface area contributed by atoms with Crippen LogP contribution in [-0.4, -0.2) is 31.4 Å². The SMILES string of the molecule is CNC(=O)c1ccc(NC(=O)COC(=O)c2cc(Cl)cc(Cl)c2)cc1. The zero-order valence-corrected chi connectivity index (χ0v) is 14.6. The van der Waals surface area contributed by atoms with E-state index in [0.29, 0.717) is 21.3 Å². The Hall–Kier alpha value is -2.57. The Bertz CT molecular complexity index is 787. The number of amides is 2. The fourth-order valence-corrected chi connectivity index (χ4v) is 2.46. The Balaban J connectivity index is 1.90. The number of carbonyl (C=O) groups excluding carboxylic acids is 3. The molecule has 0 spiro atoms. The Kier molecular flexibility index (Phi) is 6.38. The van der Waals surface area contributed by atoms with Crippen molar-refractivity contribution < 1.29 is 19.1 Å². The van der Waals surface area contributed by atoms with E-state index in [1.54, 1.807) is 24.3 Å². The molecule has 6 nitrogen and oxygen atoms in total. The predicted octanol–water partition coefficient (Wildman–Crippen LogP) is 3.15. The third-order valence-corrected chi connectivity index (χ3v) is 3.53. The Labute approximate surface area is 154 Å². The summed E-state index contributed by atoms with van der Waals surface area (Å²) in [4.78, 5) is 35.2. The molecule has 2 N–H and O–H groups in total. The molecule has 2 amide bonds. The average Bonchev–Trinajstić information content (AvgIpc) is 2.58. The second kappa shape index (κ2) is 8.50. The van der Waals surface area contributed by atoms with Crippen LogP contribution >= 0.6 is 23.2 Å². The molecule has 2 rings (SSSR count). The number of anilines is 1. The molecule has 0 radical (unpaired) electrons. The summed E-state index contributed by atoms with van der Waals surface area (Å²) in [5.41, 5.74) is 1.09. The van der Waals surface area contributed by atoms with Crippen LogP contribution in [0.15, 0.2) is 42.5 Å². The number of halogens is 2. The molecular weight excluding hydrogens is 367 g/mol. The minimum Gasteiger partial charge on any atom is -0.452 e. The maximum atomic E-state index is 11.9. The van der Waals surface area contributed by atoms with E-state index in [2.05, 4.69) is 10.6 Å². The number of benzene rings is 2. The zero-order chi connectivity index (χ0) is 18.4. The molecule has 0 aliphatic rings. The fraction of sp³-hybridized carbons (Fsp3) is 0.118. The largest absolute Gasteiger partial charge is 0.452 e. The summed E-state index contributed by atoms with van der Waals surface area (Å²) in [6.07, 6.45) is 0. The van der Waals surface area contributed by atoms with Gasteiger partial charge in [-0.25, -0.2) is 4.79 Å². The molecule has 8 heteroatoms. The maximum Gasteiger partial charge on any atom is 0.338 e. The van der Waals surface area contributed by atoms with Gasteiger partial charge in [-0.3, -0.25) is 9.59 Å². The van der Waals surface area contributed by atoms with Gasteiger partial charge in [0, 0.05) is 28.3 Å². The quantitative estimate of drug-likeness (QED) is 0.780. The van der Waals surface area contributed by atoms with Crippen LogP contribution in [0.3, 0.4) is 0 Å². The lowest BCUT2D eigenvalue weighted by molar-refractivity contribution is -0.119. The molecule has 0 aromatic heterocycles. The molecule has 0 unspecified atom stereocenters. The molecule has 0 saturated heterocycles. The van der Waals surface area contributed by atoms with Crippen molar-refractivity contribution in [1.29, 1.82) is 0 Å². The smallest absolute Gasteiger partial charge is 0.338 e. The molecule has 130 valence electrons. The number of carbonyl (C=O) groups is 3. The lowest BCUT2D eigenvalue weighted by atomic mass is 10.2. The first-order valence-corrected chi connectivity index (χ1v) is 7.90. The van der Waals surface area contributed by atoms with Crippen LogP contribution in [0.4, 0.5) is 5.69 Å². The van der Waals surface area contributed by atoms with Crippen LogP contribution in [-0.2, 0) is 9.53 Å². The lowest BCUT2D eigenvalue weighted by Gasteiger charge is -2.08. The van der Waals surface area contributed by atoms with E-state index in [0.717, 1.165) is 0 Å². The van der Waals surface area contributed by atoms with Crippen LogP contribution in [0.1, 0.15) is 20.7 Å². The molecule has 0 aliphatic heterocycles. The Morgan fingerprint density at radius 2 is 1.56 bits per heavy atom. The molecule has 0 fully saturated rings. The summed E-state index contributed by atoms with van der Waals surface area (Å²) in [6, 6.07) is 10.5. The van der Waals surface area contributed by atoms with Gasteiger partial charge in [-0.1, -0.05) is 23.2 Å². The number of rotatable bonds is 5. The second-order valence-electron chi connectivity index (χ2n) is 4.94. The highest BCUT2D eigenvalue weighted by atomic mass is 35.5. The highest BCUT2D eigenvalue weighted by Gasteiger charge is 2.12. The number of ether oxygens (including phenoxy) is 1. The molecule has 0 aliphatic carbocycles. The molecule has 25 heavy (non-hydrogen) atoms. The summed E-state index contributed by atoms with van der Waals surface area (Å²) in [5, 5.41) is 5.63. The summed E-state index contributed by atoms with van der Waals surface area (Å²) in [6.45, 7) is -0.472. The van der Waals surface area contributed by atoms with E-state index in [-0.39, 0.29) is 11.5 Å². The van der Waals surface area contributed by atoms with Gasteiger partial charge in [-0.05, 0) is 42.5 Å². The van der Waals surface area contributed by atoms with Crippen LogP contribution in [0.5, 0.6) is 0 Å². The third-order valence-electron chi connectivity index (χ3n) is 3.09. The first-order chi connectivity index (χ1) is 11.9. The van der Waals surface area contributed by atoms with Gasteiger partial charge in [-0.2, -0.15) is 0 Å². The zero-order valence-electron chi connectivity index (χ0n) is 13.1. The number of hydrogen-bond acceptors (Lipinski definition) is 4. The van der Waals surface area contributed by atoms with Gasteiger partial charge >= 0.3 is 5.97 Å². The van der Waals surface area contributed by atoms with E-state index in [1.165, 1.54) is 25.2 Å². The highest BCUT2D eigenvalue weighted by Crippen LogP contribution is 2.19. The van der Waals surface area contributed by atoms with E-state index in [9.17, 15) is 14.4 Å². The molecule has 0 bridgehead atoms. The van der Waals surface area contributed by atoms with E-state index < -0.39 is 18.5 Å². The minimum atomic E-state index is -0.713. The van der Waals surface area contributed by atoms with Crippen molar-refractivity contribution in [2.45, 2.75) is 0 Å². The van der Waals surface area contributed by atoms with Crippen LogP contribution < -0.4 is 10.6 Å². The van der Waals surface area contributed by atoms with Gasteiger partial charge in [0.15, 0.2) is 6.61 Å². The van der Waals surface area contributed by atoms with Gasteiger partial charge in [0.2, 0.25) is 0 Å². The van der Waals surface area contributed by atoms with Crippen molar-refractivity contribution in [2.75, 3.05) is 19.0 Å². The van der Waals surface area contributed by atoms with Gasteiger partial charge in [0.25, 0.3) is 11.8 Å². The monoisotopic (exact) mass is 380 g/mol. The van der Waals surface area contributed by atoms with Crippen molar-refractivity contribution in [3.63, 3.8) is 0 Å². The number of nitrogens with one attached hydrogen (secondary N) is 2. The van der Waals surface area contributed by atoms with Crippen molar-refractivity contribution in [1.82, 2.24) is 5.32 Å². The van der Waals surface area contributed by atoms with Gasteiger partial charge < -0.3 is 15.4 Å². The van der Waals surface area contributed by atoms with Gasteiger partial charge in [0.1, 0.15) is 0 Å². The van der Waals surface area contributed by atoms with E-state index in [4.69, 9.17) is 27.9 Å². The molecule has 0 saturated carbocycles. The van der Waals surface area contributed by atoms with Crippen LogP contribution in [0, 0.1) is 0 Å². The van der Waals surface area contributed by atoms with Crippen molar-refractivity contribution in [2.24, 2.45) is 0 Å². The van der Waals surface area contributed by atoms with Gasteiger partial charge in [0.05, 0.1) is 5.56 Å². The van der Waals surface area contributed by atoms with Crippen LogP contribution in [0.2, 0.25) is 10.0 Å². The number of esters is 1.